The predicted octanol–water partition coefficient (Wildman–Crippen LogP) is 3.32. The topological polar surface area (TPSA) is 54.5 Å². The molecule has 2 aliphatic heterocycles. The van der Waals surface area contributed by atoms with Crippen LogP contribution in [0.15, 0.2) is 18.3 Å². The van der Waals surface area contributed by atoms with E-state index in [0.717, 1.165) is 50.7 Å². The van der Waals surface area contributed by atoms with Crippen molar-refractivity contribution < 1.29 is 9.53 Å². The molecular weight excluding hydrogens is 314 g/mol. The molecule has 1 aromatic heterocycles. The molecule has 5 nitrogen and oxygen atoms in total. The number of aromatic nitrogens is 1. The van der Waals surface area contributed by atoms with Crippen molar-refractivity contribution in [3.8, 4) is 0 Å². The second-order valence-electron chi connectivity index (χ2n) is 7.95. The lowest BCUT2D eigenvalue weighted by molar-refractivity contribution is 0.0619. The molecule has 0 radical (unpaired) electrons. The minimum Gasteiger partial charge on any atom is -0.378 e. The smallest absolute Gasteiger partial charge is 0.255 e. The molecule has 0 aromatic carbocycles. The maximum Gasteiger partial charge on any atom is 0.255 e. The summed E-state index contributed by atoms with van der Waals surface area (Å²) < 4.78 is 5.84. The lowest BCUT2D eigenvalue weighted by Crippen LogP contribution is -2.38. The predicted molar refractivity (Wildman–Crippen MR) is 97.6 cm³/mol. The summed E-state index contributed by atoms with van der Waals surface area (Å²) in [6, 6.07) is 4.32. The van der Waals surface area contributed by atoms with Crippen LogP contribution in [-0.4, -0.2) is 47.6 Å². The molecule has 3 heterocycles. The fourth-order valence-electron chi connectivity index (χ4n) is 4.54. The summed E-state index contributed by atoms with van der Waals surface area (Å²) in [4.78, 5) is 19.1. The third-order valence-electron chi connectivity index (χ3n) is 6.20. The van der Waals surface area contributed by atoms with Crippen molar-refractivity contribution in [3.63, 3.8) is 0 Å². The summed E-state index contributed by atoms with van der Waals surface area (Å²) in [5, 5.41) is 3.59. The second kappa shape index (κ2) is 7.32. The highest BCUT2D eigenvalue weighted by molar-refractivity contribution is 5.94. The van der Waals surface area contributed by atoms with Gasteiger partial charge in [0.1, 0.15) is 5.82 Å². The van der Waals surface area contributed by atoms with E-state index in [1.807, 2.05) is 17.0 Å². The van der Waals surface area contributed by atoms with Crippen LogP contribution >= 0.6 is 0 Å². The number of hydrogen-bond acceptors (Lipinski definition) is 4. The third kappa shape index (κ3) is 3.66. The lowest BCUT2D eigenvalue weighted by atomic mass is 9.82. The van der Waals surface area contributed by atoms with Crippen LogP contribution in [0.5, 0.6) is 0 Å². The van der Waals surface area contributed by atoms with E-state index in [-0.39, 0.29) is 5.91 Å². The van der Waals surface area contributed by atoms with Gasteiger partial charge in [-0.15, -0.1) is 0 Å². The maximum absolute atomic E-state index is 12.6. The normalized spacial score (nSPS) is 30.1. The summed E-state index contributed by atoms with van der Waals surface area (Å²) in [6.45, 7) is 4.88. The van der Waals surface area contributed by atoms with E-state index >= 15 is 0 Å². The molecule has 25 heavy (non-hydrogen) atoms. The number of carbonyl (C=O) groups excluding carboxylic acids is 1. The van der Waals surface area contributed by atoms with Crippen molar-refractivity contribution in [2.24, 2.45) is 11.8 Å². The molecule has 5 heteroatoms. The first kappa shape index (κ1) is 16.8. The molecule has 1 aliphatic carbocycles. The van der Waals surface area contributed by atoms with Gasteiger partial charge in [-0.1, -0.05) is 6.92 Å². The number of fused-ring (bicyclic) bond motifs is 1. The van der Waals surface area contributed by atoms with Crippen LogP contribution in [0, 0.1) is 11.8 Å². The molecule has 0 spiro atoms. The van der Waals surface area contributed by atoms with Crippen molar-refractivity contribution >= 4 is 11.7 Å². The molecule has 3 atom stereocenters. The molecule has 3 fully saturated rings. The van der Waals surface area contributed by atoms with Crippen LogP contribution in [0.25, 0.3) is 0 Å². The van der Waals surface area contributed by atoms with E-state index in [4.69, 9.17) is 4.74 Å². The number of piperidine rings is 1. The molecule has 0 bridgehead atoms. The first-order valence-electron chi connectivity index (χ1n) is 9.84. The van der Waals surface area contributed by atoms with Gasteiger partial charge < -0.3 is 15.0 Å². The number of anilines is 1. The van der Waals surface area contributed by atoms with Crippen LogP contribution in [-0.2, 0) is 4.74 Å². The van der Waals surface area contributed by atoms with E-state index in [1.54, 1.807) is 6.20 Å². The Morgan fingerprint density at radius 2 is 2.04 bits per heavy atom. The SMILES string of the molecule is CC1CCN(C(=O)c2ccc(NC3CCCC4OCCC34)nc2)CC1. The maximum atomic E-state index is 12.6. The number of rotatable bonds is 3. The minimum absolute atomic E-state index is 0.118. The van der Waals surface area contributed by atoms with Crippen molar-refractivity contribution in [3.05, 3.63) is 23.9 Å². The van der Waals surface area contributed by atoms with Gasteiger partial charge in [0.05, 0.1) is 11.7 Å². The zero-order valence-corrected chi connectivity index (χ0v) is 15.1. The van der Waals surface area contributed by atoms with Crippen LogP contribution in [0.3, 0.4) is 0 Å². The number of amides is 1. The molecule has 3 unspecified atom stereocenters. The van der Waals surface area contributed by atoms with Gasteiger partial charge in [0, 0.05) is 37.9 Å². The number of nitrogens with zero attached hydrogens (tertiary/aromatic N) is 2. The summed E-state index contributed by atoms with van der Waals surface area (Å²) in [6.07, 6.45) is 9.09. The molecular formula is C20H29N3O2. The molecule has 1 aromatic rings. The van der Waals surface area contributed by atoms with E-state index in [2.05, 4.69) is 17.2 Å². The number of ether oxygens (including phenoxy) is 1. The lowest BCUT2D eigenvalue weighted by Gasteiger charge is -2.33. The zero-order valence-electron chi connectivity index (χ0n) is 15.1. The summed E-state index contributed by atoms with van der Waals surface area (Å²) in [5.41, 5.74) is 0.700. The van der Waals surface area contributed by atoms with Crippen LogP contribution in [0.1, 0.15) is 55.8 Å². The average Bonchev–Trinajstić information content (AvgIpc) is 3.12. The number of pyridine rings is 1. The highest BCUT2D eigenvalue weighted by atomic mass is 16.5. The minimum atomic E-state index is 0.118. The molecule has 1 N–H and O–H groups in total. The highest BCUT2D eigenvalue weighted by Crippen LogP contribution is 2.35. The van der Waals surface area contributed by atoms with Crippen molar-refractivity contribution in [1.82, 2.24) is 9.88 Å². The third-order valence-corrected chi connectivity index (χ3v) is 6.20. The molecule has 136 valence electrons. The van der Waals surface area contributed by atoms with Crippen LogP contribution in [0.4, 0.5) is 5.82 Å². The van der Waals surface area contributed by atoms with Crippen molar-refractivity contribution in [2.45, 2.75) is 57.6 Å². The van der Waals surface area contributed by atoms with Gasteiger partial charge in [0.25, 0.3) is 5.91 Å². The Morgan fingerprint density at radius 3 is 2.80 bits per heavy atom. The van der Waals surface area contributed by atoms with E-state index < -0.39 is 0 Å². The Hall–Kier alpha value is -1.62. The quantitative estimate of drug-likeness (QED) is 0.915. The number of carbonyl (C=O) groups is 1. The fraction of sp³-hybridized carbons (Fsp3) is 0.700. The van der Waals surface area contributed by atoms with Crippen LogP contribution in [0.2, 0.25) is 0 Å². The molecule has 1 amide bonds. The Labute approximate surface area is 150 Å². The second-order valence-corrected chi connectivity index (χ2v) is 7.95. The number of likely N-dealkylation sites (tertiary alicyclic amines) is 1. The Morgan fingerprint density at radius 1 is 1.20 bits per heavy atom. The molecule has 3 aliphatic rings. The van der Waals surface area contributed by atoms with E-state index in [9.17, 15) is 4.79 Å². The number of nitrogens with one attached hydrogen (secondary N) is 1. The Balaban J connectivity index is 1.37. The summed E-state index contributed by atoms with van der Waals surface area (Å²) >= 11 is 0. The van der Waals surface area contributed by atoms with E-state index in [0.29, 0.717) is 23.6 Å². The van der Waals surface area contributed by atoms with Gasteiger partial charge in [0.2, 0.25) is 0 Å². The largest absolute Gasteiger partial charge is 0.378 e. The number of hydrogen-bond donors (Lipinski definition) is 1. The van der Waals surface area contributed by atoms with Gasteiger partial charge in [0.15, 0.2) is 0 Å². The highest BCUT2D eigenvalue weighted by Gasteiger charge is 2.37. The van der Waals surface area contributed by atoms with Gasteiger partial charge >= 0.3 is 0 Å². The Kier molecular flexibility index (Phi) is 4.93. The van der Waals surface area contributed by atoms with Gasteiger partial charge in [-0.2, -0.15) is 0 Å². The first-order valence-corrected chi connectivity index (χ1v) is 9.84. The monoisotopic (exact) mass is 343 g/mol. The van der Waals surface area contributed by atoms with Gasteiger partial charge in [-0.25, -0.2) is 4.98 Å². The summed E-state index contributed by atoms with van der Waals surface area (Å²) in [5.74, 6) is 2.33. The Bertz CT molecular complexity index is 595. The van der Waals surface area contributed by atoms with Crippen LogP contribution < -0.4 is 5.32 Å². The zero-order chi connectivity index (χ0) is 17.2. The molecule has 1 saturated carbocycles. The molecule has 2 saturated heterocycles. The van der Waals surface area contributed by atoms with Crippen molar-refractivity contribution in [1.29, 1.82) is 0 Å². The molecule has 4 rings (SSSR count). The van der Waals surface area contributed by atoms with Crippen molar-refractivity contribution in [2.75, 3.05) is 25.0 Å². The van der Waals surface area contributed by atoms with E-state index in [1.165, 1.54) is 19.3 Å². The fourth-order valence-corrected chi connectivity index (χ4v) is 4.54. The summed E-state index contributed by atoms with van der Waals surface area (Å²) in [7, 11) is 0. The van der Waals surface area contributed by atoms with Gasteiger partial charge in [-0.05, 0) is 56.6 Å². The first-order chi connectivity index (χ1) is 12.2. The average molecular weight is 343 g/mol. The van der Waals surface area contributed by atoms with Gasteiger partial charge in [-0.3, -0.25) is 4.79 Å². The standard InChI is InChI=1S/C20H29N3O2/c1-14-7-10-23(11-8-14)20(24)15-5-6-19(21-13-15)22-17-3-2-4-18-16(17)9-12-25-18/h5-6,13-14,16-18H,2-4,7-12H2,1H3,(H,21,22).